The van der Waals surface area contributed by atoms with Crippen LogP contribution in [0.3, 0.4) is 0 Å². The SMILES string of the molecule is COC(=O)c1cccc2nc(-c3cccs3)nn12. The van der Waals surface area contributed by atoms with Crippen LogP contribution < -0.4 is 0 Å². The molecule has 0 aliphatic heterocycles. The maximum Gasteiger partial charge on any atom is 0.356 e. The second-order valence-electron chi connectivity index (χ2n) is 3.59. The summed E-state index contributed by atoms with van der Waals surface area (Å²) in [6.07, 6.45) is 0. The lowest BCUT2D eigenvalue weighted by Crippen LogP contribution is -2.08. The van der Waals surface area contributed by atoms with Crippen molar-refractivity contribution in [2.75, 3.05) is 7.11 Å². The predicted octanol–water partition coefficient (Wildman–Crippen LogP) is 2.24. The number of hydrogen-bond donors (Lipinski definition) is 0. The van der Waals surface area contributed by atoms with Crippen LogP contribution >= 0.6 is 11.3 Å². The second-order valence-corrected chi connectivity index (χ2v) is 4.53. The highest BCUT2D eigenvalue weighted by molar-refractivity contribution is 7.13. The normalized spacial score (nSPS) is 10.7. The predicted molar refractivity (Wildman–Crippen MR) is 67.6 cm³/mol. The first-order chi connectivity index (χ1) is 8.79. The van der Waals surface area contributed by atoms with Crippen molar-refractivity contribution >= 4 is 23.0 Å². The summed E-state index contributed by atoms with van der Waals surface area (Å²) in [6.45, 7) is 0. The molecule has 0 saturated heterocycles. The van der Waals surface area contributed by atoms with Gasteiger partial charge in [-0.15, -0.1) is 16.4 Å². The lowest BCUT2D eigenvalue weighted by Gasteiger charge is -2.00. The lowest BCUT2D eigenvalue weighted by atomic mass is 10.3. The smallest absolute Gasteiger partial charge is 0.356 e. The van der Waals surface area contributed by atoms with E-state index in [2.05, 4.69) is 10.1 Å². The molecule has 3 rings (SSSR count). The van der Waals surface area contributed by atoms with Crippen molar-refractivity contribution in [3.63, 3.8) is 0 Å². The van der Waals surface area contributed by atoms with Crippen molar-refractivity contribution in [3.8, 4) is 10.7 Å². The number of carbonyl (C=O) groups is 1. The van der Waals surface area contributed by atoms with Gasteiger partial charge < -0.3 is 4.74 Å². The molecular weight excluding hydrogens is 250 g/mol. The van der Waals surface area contributed by atoms with Crippen molar-refractivity contribution in [1.82, 2.24) is 14.6 Å². The molecule has 0 radical (unpaired) electrons. The first-order valence-corrected chi connectivity index (χ1v) is 6.15. The highest BCUT2D eigenvalue weighted by Crippen LogP contribution is 2.22. The molecule has 0 saturated carbocycles. The number of methoxy groups -OCH3 is 1. The number of pyridine rings is 1. The summed E-state index contributed by atoms with van der Waals surface area (Å²) >= 11 is 1.56. The molecule has 6 heteroatoms. The van der Waals surface area contributed by atoms with E-state index in [1.54, 1.807) is 29.5 Å². The Morgan fingerprint density at radius 3 is 2.94 bits per heavy atom. The fraction of sp³-hybridized carbons (Fsp3) is 0.0833. The highest BCUT2D eigenvalue weighted by atomic mass is 32.1. The van der Waals surface area contributed by atoms with E-state index < -0.39 is 5.97 Å². The fourth-order valence-corrected chi connectivity index (χ4v) is 2.33. The maximum atomic E-state index is 11.6. The average molecular weight is 259 g/mol. The summed E-state index contributed by atoms with van der Waals surface area (Å²) in [5.74, 6) is 0.185. The molecule has 3 aromatic heterocycles. The third-order valence-electron chi connectivity index (χ3n) is 2.50. The topological polar surface area (TPSA) is 56.5 Å². The van der Waals surface area contributed by atoms with Gasteiger partial charge in [0, 0.05) is 0 Å². The number of fused-ring (bicyclic) bond motifs is 1. The van der Waals surface area contributed by atoms with Crippen LogP contribution in [0.4, 0.5) is 0 Å². The van der Waals surface area contributed by atoms with Gasteiger partial charge >= 0.3 is 5.97 Å². The zero-order chi connectivity index (χ0) is 12.5. The monoisotopic (exact) mass is 259 g/mol. The van der Waals surface area contributed by atoms with Gasteiger partial charge in [-0.2, -0.15) is 0 Å². The number of rotatable bonds is 2. The average Bonchev–Trinajstić information content (AvgIpc) is 3.04. The van der Waals surface area contributed by atoms with Gasteiger partial charge in [-0.3, -0.25) is 0 Å². The van der Waals surface area contributed by atoms with Gasteiger partial charge in [0.25, 0.3) is 0 Å². The van der Waals surface area contributed by atoms with Crippen LogP contribution in [0.1, 0.15) is 10.5 Å². The van der Waals surface area contributed by atoms with Crippen molar-refractivity contribution in [3.05, 3.63) is 41.4 Å². The van der Waals surface area contributed by atoms with Gasteiger partial charge in [0.15, 0.2) is 17.2 Å². The number of nitrogens with zero attached hydrogens (tertiary/aromatic N) is 3. The third kappa shape index (κ3) is 1.67. The van der Waals surface area contributed by atoms with Crippen molar-refractivity contribution in [2.24, 2.45) is 0 Å². The van der Waals surface area contributed by atoms with E-state index in [-0.39, 0.29) is 0 Å². The van der Waals surface area contributed by atoms with Crippen molar-refractivity contribution in [1.29, 1.82) is 0 Å². The molecule has 0 aliphatic carbocycles. The Morgan fingerprint density at radius 1 is 1.33 bits per heavy atom. The quantitative estimate of drug-likeness (QED) is 0.662. The minimum absolute atomic E-state index is 0.366. The molecule has 0 aromatic carbocycles. The van der Waals surface area contributed by atoms with E-state index in [9.17, 15) is 4.79 Å². The Labute approximate surface area is 107 Å². The molecule has 0 amide bonds. The highest BCUT2D eigenvalue weighted by Gasteiger charge is 2.14. The summed E-state index contributed by atoms with van der Waals surface area (Å²) in [4.78, 5) is 17.0. The Bertz CT molecular complexity index is 703. The lowest BCUT2D eigenvalue weighted by molar-refractivity contribution is 0.0591. The summed E-state index contributed by atoms with van der Waals surface area (Å²) in [5, 5.41) is 6.30. The molecule has 0 spiro atoms. The van der Waals surface area contributed by atoms with E-state index >= 15 is 0 Å². The largest absolute Gasteiger partial charge is 0.464 e. The van der Waals surface area contributed by atoms with Crippen molar-refractivity contribution in [2.45, 2.75) is 0 Å². The van der Waals surface area contributed by atoms with E-state index in [0.717, 1.165) is 4.88 Å². The summed E-state index contributed by atoms with van der Waals surface area (Å²) in [7, 11) is 1.35. The molecule has 5 nitrogen and oxygen atoms in total. The minimum Gasteiger partial charge on any atom is -0.464 e. The van der Waals surface area contributed by atoms with Crippen LogP contribution in [-0.4, -0.2) is 27.7 Å². The van der Waals surface area contributed by atoms with Crippen LogP contribution in [0.5, 0.6) is 0 Å². The number of carbonyl (C=O) groups excluding carboxylic acids is 1. The third-order valence-corrected chi connectivity index (χ3v) is 3.36. The second kappa shape index (κ2) is 4.23. The van der Waals surface area contributed by atoms with E-state index in [1.807, 2.05) is 17.5 Å². The van der Waals surface area contributed by atoms with Gasteiger partial charge in [-0.1, -0.05) is 12.1 Å². The Morgan fingerprint density at radius 2 is 2.22 bits per heavy atom. The molecule has 18 heavy (non-hydrogen) atoms. The van der Waals surface area contributed by atoms with Gasteiger partial charge in [0.2, 0.25) is 0 Å². The molecule has 0 aliphatic rings. The molecule has 90 valence electrons. The summed E-state index contributed by atoms with van der Waals surface area (Å²) in [5.41, 5.74) is 0.992. The number of ether oxygens (including phenoxy) is 1. The molecule has 0 unspecified atom stereocenters. The summed E-state index contributed by atoms with van der Waals surface area (Å²) in [6, 6.07) is 9.10. The maximum absolute atomic E-state index is 11.6. The Kier molecular flexibility index (Phi) is 2.56. The Balaban J connectivity index is 2.20. The van der Waals surface area contributed by atoms with Crippen molar-refractivity contribution < 1.29 is 9.53 Å². The fourth-order valence-electron chi connectivity index (χ4n) is 1.67. The van der Waals surface area contributed by atoms with E-state index in [4.69, 9.17) is 4.74 Å². The van der Waals surface area contributed by atoms with Gasteiger partial charge in [0.1, 0.15) is 0 Å². The van der Waals surface area contributed by atoms with E-state index in [1.165, 1.54) is 11.6 Å². The van der Waals surface area contributed by atoms with Crippen LogP contribution in [0.2, 0.25) is 0 Å². The zero-order valence-electron chi connectivity index (χ0n) is 9.53. The molecule has 3 aromatic rings. The zero-order valence-corrected chi connectivity index (χ0v) is 10.3. The van der Waals surface area contributed by atoms with Gasteiger partial charge in [-0.05, 0) is 23.6 Å². The molecule has 0 fully saturated rings. The van der Waals surface area contributed by atoms with Crippen LogP contribution in [0, 0.1) is 0 Å². The Hall–Kier alpha value is -2.21. The molecule has 0 bridgehead atoms. The molecule has 0 N–H and O–H groups in total. The van der Waals surface area contributed by atoms with Crippen LogP contribution in [0.15, 0.2) is 35.7 Å². The number of hydrogen-bond acceptors (Lipinski definition) is 5. The first-order valence-electron chi connectivity index (χ1n) is 5.27. The number of esters is 1. The molecule has 3 heterocycles. The van der Waals surface area contributed by atoms with Gasteiger partial charge in [-0.25, -0.2) is 14.3 Å². The van der Waals surface area contributed by atoms with Crippen LogP contribution in [0.25, 0.3) is 16.3 Å². The molecular formula is C12H9N3O2S. The van der Waals surface area contributed by atoms with E-state index in [0.29, 0.717) is 17.2 Å². The first kappa shape index (κ1) is 10.9. The number of aromatic nitrogens is 3. The number of thiophene rings is 1. The molecule has 0 atom stereocenters. The van der Waals surface area contributed by atoms with Crippen LogP contribution in [-0.2, 0) is 4.74 Å². The summed E-state index contributed by atoms with van der Waals surface area (Å²) < 4.78 is 6.22. The van der Waals surface area contributed by atoms with Gasteiger partial charge in [0.05, 0.1) is 12.0 Å². The standard InChI is InChI=1S/C12H9N3O2S/c1-17-12(16)8-4-2-6-10-13-11(14-15(8)10)9-5-3-7-18-9/h2-7H,1H3. The minimum atomic E-state index is -0.428.